The number of amides is 1. The van der Waals surface area contributed by atoms with Crippen molar-refractivity contribution >= 4 is 34.3 Å². The Kier molecular flexibility index (Phi) is 4.51. The predicted molar refractivity (Wildman–Crippen MR) is 105 cm³/mol. The van der Waals surface area contributed by atoms with E-state index in [1.54, 1.807) is 0 Å². The van der Waals surface area contributed by atoms with Crippen molar-refractivity contribution in [3.63, 3.8) is 0 Å². The van der Waals surface area contributed by atoms with Gasteiger partial charge in [-0.2, -0.15) is 0 Å². The molecule has 0 radical (unpaired) electrons. The van der Waals surface area contributed by atoms with Gasteiger partial charge in [-0.15, -0.1) is 0 Å². The van der Waals surface area contributed by atoms with E-state index in [0.717, 1.165) is 28.5 Å². The third-order valence-corrected chi connectivity index (χ3v) is 5.65. The van der Waals surface area contributed by atoms with E-state index in [9.17, 15) is 9.59 Å². The van der Waals surface area contributed by atoms with Crippen LogP contribution in [-0.4, -0.2) is 21.6 Å². The summed E-state index contributed by atoms with van der Waals surface area (Å²) in [7, 11) is 0. The number of H-pyrrole nitrogens is 1. The van der Waals surface area contributed by atoms with Gasteiger partial charge in [0.2, 0.25) is 5.91 Å². The molecule has 2 heterocycles. The van der Waals surface area contributed by atoms with E-state index in [2.05, 4.69) is 22.2 Å². The topological polar surface area (TPSA) is 74.8 Å². The van der Waals surface area contributed by atoms with E-state index in [-0.39, 0.29) is 23.8 Å². The number of nitrogens with one attached hydrogen (secondary N) is 2. The number of hydrogen-bond acceptors (Lipinski definition) is 4. The average Bonchev–Trinajstić information content (AvgIpc) is 2.65. The van der Waals surface area contributed by atoms with Crippen molar-refractivity contribution < 1.29 is 4.79 Å². The number of hydrogen-bond donors (Lipinski definition) is 2. The molecule has 1 unspecified atom stereocenters. The molecule has 6 heteroatoms. The highest BCUT2D eigenvalue weighted by Gasteiger charge is 2.31. The van der Waals surface area contributed by atoms with E-state index in [4.69, 9.17) is 0 Å². The largest absolute Gasteiger partial charge is 0.310 e. The van der Waals surface area contributed by atoms with Crippen LogP contribution in [0.3, 0.4) is 0 Å². The molecule has 0 saturated carbocycles. The van der Waals surface area contributed by atoms with Crippen molar-refractivity contribution in [3.05, 3.63) is 63.9 Å². The fraction of sp³-hybridized carbons (Fsp3) is 0.250. The number of benzene rings is 2. The molecular weight excluding hydrogens is 346 g/mol. The first-order valence-corrected chi connectivity index (χ1v) is 9.70. The summed E-state index contributed by atoms with van der Waals surface area (Å²) in [5, 5.41) is 5.49. The van der Waals surface area contributed by atoms with Gasteiger partial charge in [0.1, 0.15) is 5.82 Å². The molecule has 0 aliphatic carbocycles. The average molecular weight is 365 g/mol. The van der Waals surface area contributed by atoms with E-state index < -0.39 is 0 Å². The molecule has 1 atom stereocenters. The van der Waals surface area contributed by atoms with Gasteiger partial charge in [0.05, 0.1) is 5.56 Å². The van der Waals surface area contributed by atoms with Crippen LogP contribution < -0.4 is 10.9 Å². The summed E-state index contributed by atoms with van der Waals surface area (Å²) in [6, 6.07) is 14.0. The summed E-state index contributed by atoms with van der Waals surface area (Å²) in [6.07, 6.45) is 1.23. The van der Waals surface area contributed by atoms with Crippen LogP contribution in [0.5, 0.6) is 0 Å². The second kappa shape index (κ2) is 6.96. The molecule has 0 bridgehead atoms. The Balaban J connectivity index is 1.87. The second-order valence-electron chi connectivity index (χ2n) is 6.36. The Hall–Kier alpha value is -2.60. The van der Waals surface area contributed by atoms with Crippen molar-refractivity contribution in [3.8, 4) is 0 Å². The van der Waals surface area contributed by atoms with Gasteiger partial charge in [0.25, 0.3) is 5.56 Å². The first kappa shape index (κ1) is 16.8. The Bertz CT molecular complexity index is 1040. The summed E-state index contributed by atoms with van der Waals surface area (Å²) in [4.78, 5) is 32.5. The molecule has 132 valence electrons. The Morgan fingerprint density at radius 2 is 1.96 bits per heavy atom. The highest BCUT2D eigenvalue weighted by molar-refractivity contribution is 7.99. The lowest BCUT2D eigenvalue weighted by molar-refractivity contribution is -0.116. The van der Waals surface area contributed by atoms with Crippen molar-refractivity contribution in [1.82, 2.24) is 9.97 Å². The second-order valence-corrected chi connectivity index (χ2v) is 7.44. The third kappa shape index (κ3) is 3.01. The van der Waals surface area contributed by atoms with Crippen LogP contribution in [0, 0.1) is 0 Å². The molecule has 1 amide bonds. The van der Waals surface area contributed by atoms with Crippen molar-refractivity contribution in [2.75, 3.05) is 11.1 Å². The monoisotopic (exact) mass is 365 g/mol. The minimum Gasteiger partial charge on any atom is -0.310 e. The lowest BCUT2D eigenvalue weighted by atomic mass is 9.84. The minimum absolute atomic E-state index is 0.111. The van der Waals surface area contributed by atoms with Crippen molar-refractivity contribution in [2.45, 2.75) is 30.8 Å². The van der Waals surface area contributed by atoms with Crippen LogP contribution >= 0.6 is 11.8 Å². The quantitative estimate of drug-likeness (QED) is 0.543. The SMILES string of the molecule is CCCSc1nc2c(c(=O)[nH]1)C(c1cccc3ccccc13)CC(=O)N2. The predicted octanol–water partition coefficient (Wildman–Crippen LogP) is 3.90. The third-order valence-electron chi connectivity index (χ3n) is 4.57. The molecule has 1 aliphatic rings. The van der Waals surface area contributed by atoms with Crippen LogP contribution in [0.4, 0.5) is 5.82 Å². The van der Waals surface area contributed by atoms with Gasteiger partial charge in [-0.05, 0) is 22.8 Å². The molecule has 0 spiro atoms. The summed E-state index contributed by atoms with van der Waals surface area (Å²) in [5.74, 6) is 0.843. The molecular formula is C20H19N3O2S. The first-order valence-electron chi connectivity index (χ1n) is 8.72. The lowest BCUT2D eigenvalue weighted by Crippen LogP contribution is -2.31. The molecule has 0 saturated heterocycles. The summed E-state index contributed by atoms with van der Waals surface area (Å²) in [5.41, 5.74) is 1.36. The number of anilines is 1. The van der Waals surface area contributed by atoms with E-state index in [1.165, 1.54) is 11.8 Å². The molecule has 26 heavy (non-hydrogen) atoms. The summed E-state index contributed by atoms with van der Waals surface area (Å²) < 4.78 is 0. The summed E-state index contributed by atoms with van der Waals surface area (Å²) >= 11 is 1.49. The molecule has 1 aromatic heterocycles. The molecule has 2 N–H and O–H groups in total. The highest BCUT2D eigenvalue weighted by Crippen LogP contribution is 2.37. The zero-order valence-corrected chi connectivity index (χ0v) is 15.2. The standard InChI is InChI=1S/C20H19N3O2S/c1-2-10-26-20-22-18-17(19(25)23-20)15(11-16(24)21-18)14-9-5-7-12-6-3-4-8-13(12)14/h3-9,15H,2,10-11H2,1H3,(H2,21,22,23,24,25). The van der Waals surface area contributed by atoms with Gasteiger partial charge < -0.3 is 10.3 Å². The molecule has 0 fully saturated rings. The molecule has 1 aliphatic heterocycles. The van der Waals surface area contributed by atoms with E-state index >= 15 is 0 Å². The molecule has 3 aromatic rings. The van der Waals surface area contributed by atoms with E-state index in [1.807, 2.05) is 42.5 Å². The Morgan fingerprint density at radius 1 is 1.15 bits per heavy atom. The number of aromatic nitrogens is 2. The van der Waals surface area contributed by atoms with Crippen LogP contribution in [0.25, 0.3) is 10.8 Å². The first-order chi connectivity index (χ1) is 12.7. The zero-order valence-electron chi connectivity index (χ0n) is 14.4. The van der Waals surface area contributed by atoms with Crippen LogP contribution in [0.15, 0.2) is 52.4 Å². The Labute approximate surface area is 155 Å². The van der Waals surface area contributed by atoms with E-state index in [0.29, 0.717) is 16.5 Å². The van der Waals surface area contributed by atoms with Crippen LogP contribution in [0.2, 0.25) is 0 Å². The molecule has 4 rings (SSSR count). The van der Waals surface area contributed by atoms with Gasteiger partial charge in [-0.1, -0.05) is 61.2 Å². The molecule has 5 nitrogen and oxygen atoms in total. The fourth-order valence-electron chi connectivity index (χ4n) is 3.44. The normalized spacial score (nSPS) is 16.3. The molecule has 2 aromatic carbocycles. The smallest absolute Gasteiger partial charge is 0.257 e. The maximum absolute atomic E-state index is 12.8. The van der Waals surface area contributed by atoms with Crippen molar-refractivity contribution in [2.24, 2.45) is 0 Å². The summed E-state index contributed by atoms with van der Waals surface area (Å²) in [6.45, 7) is 2.07. The van der Waals surface area contributed by atoms with Crippen LogP contribution in [0.1, 0.15) is 36.8 Å². The van der Waals surface area contributed by atoms with Gasteiger partial charge in [0.15, 0.2) is 5.16 Å². The highest BCUT2D eigenvalue weighted by atomic mass is 32.2. The van der Waals surface area contributed by atoms with Gasteiger partial charge >= 0.3 is 0 Å². The van der Waals surface area contributed by atoms with Gasteiger partial charge in [0, 0.05) is 18.1 Å². The maximum atomic E-state index is 12.8. The number of carbonyl (C=O) groups excluding carboxylic acids is 1. The lowest BCUT2D eigenvalue weighted by Gasteiger charge is -2.25. The van der Waals surface area contributed by atoms with Gasteiger partial charge in [-0.3, -0.25) is 9.59 Å². The Morgan fingerprint density at radius 3 is 2.81 bits per heavy atom. The minimum atomic E-state index is -0.300. The number of carbonyl (C=O) groups is 1. The zero-order chi connectivity index (χ0) is 18.1. The van der Waals surface area contributed by atoms with Crippen molar-refractivity contribution in [1.29, 1.82) is 0 Å². The number of nitrogens with zero attached hydrogens (tertiary/aromatic N) is 1. The fourth-order valence-corrected chi connectivity index (χ4v) is 4.16. The van der Waals surface area contributed by atoms with Gasteiger partial charge in [-0.25, -0.2) is 4.98 Å². The number of rotatable bonds is 4. The number of fused-ring (bicyclic) bond motifs is 2. The van der Waals surface area contributed by atoms with Crippen LogP contribution in [-0.2, 0) is 4.79 Å². The maximum Gasteiger partial charge on any atom is 0.257 e. The number of thioether (sulfide) groups is 1. The number of aromatic amines is 1.